The summed E-state index contributed by atoms with van der Waals surface area (Å²) in [6, 6.07) is 7.10. The quantitative estimate of drug-likeness (QED) is 0.0960. The number of rotatable bonds is 22. The van der Waals surface area contributed by atoms with Gasteiger partial charge in [0.15, 0.2) is 0 Å². The van der Waals surface area contributed by atoms with Crippen LogP contribution in [0, 0.1) is 9.81 Å². The normalized spacial score (nSPS) is 11.4. The minimum atomic E-state index is 0.660. The molecule has 0 aliphatic carbocycles. The lowest BCUT2D eigenvalue weighted by Crippen LogP contribution is -2.08. The fourth-order valence-corrected chi connectivity index (χ4v) is 3.87. The maximum atomic E-state index is 11.3. The van der Waals surface area contributed by atoms with Crippen LogP contribution < -0.4 is 10.0 Å². The van der Waals surface area contributed by atoms with Gasteiger partial charge >= 0.3 is 0 Å². The van der Waals surface area contributed by atoms with Gasteiger partial charge in [0, 0.05) is 12.4 Å². The molecule has 1 rings (SSSR count). The highest BCUT2D eigenvalue weighted by Gasteiger charge is 2.06. The van der Waals surface area contributed by atoms with Crippen LogP contribution in [0.2, 0.25) is 0 Å². The molecule has 0 aliphatic heterocycles. The Bertz CT molecular complexity index is 629. The smallest absolute Gasteiger partial charge is 0.0679 e. The number of benzene rings is 1. The molecule has 1 aromatic carbocycles. The molecule has 0 fully saturated rings. The maximum Gasteiger partial charge on any atom is 0.0679 e. The van der Waals surface area contributed by atoms with E-state index in [2.05, 4.69) is 24.4 Å². The number of nitroso groups, excluding NO2 is 2. The van der Waals surface area contributed by atoms with Crippen molar-refractivity contribution in [2.24, 2.45) is 10.6 Å². The summed E-state index contributed by atoms with van der Waals surface area (Å²) in [5.74, 6) is 0. The number of hydrogen-bond acceptors (Lipinski definition) is 4. The summed E-state index contributed by atoms with van der Waals surface area (Å²) in [7, 11) is 0. The Hall–Kier alpha value is -2.50. The predicted molar refractivity (Wildman–Crippen MR) is 146 cm³/mol. The van der Waals surface area contributed by atoms with Gasteiger partial charge in [-0.25, -0.2) is 10.0 Å². The van der Waals surface area contributed by atoms with Crippen LogP contribution in [0.3, 0.4) is 0 Å². The SMILES string of the molecule is CCCCCCCCCC=CN(N=O)c1ccc(N(C=CCCCCCCCCC)N=O)cc1. The second-order valence-corrected chi connectivity index (χ2v) is 8.96. The van der Waals surface area contributed by atoms with Crippen molar-refractivity contribution in [2.75, 3.05) is 10.0 Å². The minimum Gasteiger partial charge on any atom is -0.205 e. The lowest BCUT2D eigenvalue weighted by molar-refractivity contribution is 0.592. The molecule has 0 heterocycles. The van der Waals surface area contributed by atoms with E-state index in [1.807, 2.05) is 12.2 Å². The molecule has 0 spiro atoms. The van der Waals surface area contributed by atoms with Gasteiger partial charge in [-0.05, 0) is 49.9 Å². The van der Waals surface area contributed by atoms with E-state index in [-0.39, 0.29) is 0 Å². The third-order valence-electron chi connectivity index (χ3n) is 6.00. The first-order valence-electron chi connectivity index (χ1n) is 13.4. The summed E-state index contributed by atoms with van der Waals surface area (Å²) >= 11 is 0. The van der Waals surface area contributed by atoms with Gasteiger partial charge < -0.3 is 0 Å². The Morgan fingerprint density at radius 2 is 0.882 bits per heavy atom. The van der Waals surface area contributed by atoms with Crippen molar-refractivity contribution in [1.29, 1.82) is 0 Å². The van der Waals surface area contributed by atoms with Crippen molar-refractivity contribution in [3.05, 3.63) is 58.6 Å². The molecule has 0 amide bonds. The van der Waals surface area contributed by atoms with Crippen LogP contribution in [0.4, 0.5) is 11.4 Å². The Morgan fingerprint density at radius 1 is 0.559 bits per heavy atom. The minimum absolute atomic E-state index is 0.660. The number of hydrogen-bond donors (Lipinski definition) is 0. The van der Waals surface area contributed by atoms with E-state index >= 15 is 0 Å². The largest absolute Gasteiger partial charge is 0.205 e. The first-order chi connectivity index (χ1) is 16.8. The van der Waals surface area contributed by atoms with Crippen LogP contribution in [-0.4, -0.2) is 0 Å². The van der Waals surface area contributed by atoms with E-state index in [0.717, 1.165) is 25.7 Å². The Morgan fingerprint density at radius 3 is 1.21 bits per heavy atom. The summed E-state index contributed by atoms with van der Waals surface area (Å²) in [5.41, 5.74) is 1.32. The average molecular weight is 471 g/mol. The van der Waals surface area contributed by atoms with Gasteiger partial charge in [-0.1, -0.05) is 103 Å². The van der Waals surface area contributed by atoms with E-state index in [1.165, 1.54) is 87.1 Å². The van der Waals surface area contributed by atoms with Crippen molar-refractivity contribution in [1.82, 2.24) is 0 Å². The number of unbranched alkanes of at least 4 members (excludes halogenated alkanes) is 14. The molecular weight excluding hydrogens is 424 g/mol. The van der Waals surface area contributed by atoms with E-state index in [4.69, 9.17) is 0 Å². The van der Waals surface area contributed by atoms with Crippen molar-refractivity contribution in [3.63, 3.8) is 0 Å². The Balaban J connectivity index is 2.39. The zero-order chi connectivity index (χ0) is 24.7. The van der Waals surface area contributed by atoms with Crippen molar-refractivity contribution < 1.29 is 0 Å². The topological polar surface area (TPSA) is 65.3 Å². The van der Waals surface area contributed by atoms with Gasteiger partial charge in [0.1, 0.15) is 0 Å². The molecule has 0 saturated heterocycles. The number of allylic oxidation sites excluding steroid dienone is 2. The van der Waals surface area contributed by atoms with E-state index < -0.39 is 0 Å². The van der Waals surface area contributed by atoms with E-state index in [9.17, 15) is 9.81 Å². The van der Waals surface area contributed by atoms with Crippen LogP contribution in [0.25, 0.3) is 0 Å². The van der Waals surface area contributed by atoms with Gasteiger partial charge in [-0.15, -0.1) is 9.81 Å². The van der Waals surface area contributed by atoms with Crippen molar-refractivity contribution in [2.45, 2.75) is 117 Å². The molecule has 0 radical (unpaired) electrons. The molecular formula is C28H46N4O2. The van der Waals surface area contributed by atoms with Crippen molar-refractivity contribution in [3.8, 4) is 0 Å². The molecule has 190 valence electrons. The summed E-state index contributed by atoms with van der Waals surface area (Å²) in [4.78, 5) is 22.6. The lowest BCUT2D eigenvalue weighted by Gasteiger charge is -2.13. The number of anilines is 2. The highest BCUT2D eigenvalue weighted by Crippen LogP contribution is 2.22. The molecule has 0 atom stereocenters. The summed E-state index contributed by atoms with van der Waals surface area (Å²) in [6.45, 7) is 4.46. The van der Waals surface area contributed by atoms with Crippen molar-refractivity contribution >= 4 is 11.4 Å². The Labute approximate surface area is 207 Å². The molecule has 0 saturated carbocycles. The van der Waals surface area contributed by atoms with E-state index in [1.54, 1.807) is 36.7 Å². The third-order valence-corrected chi connectivity index (χ3v) is 6.00. The molecule has 34 heavy (non-hydrogen) atoms. The predicted octanol–water partition coefficient (Wildman–Crippen LogP) is 9.97. The molecule has 0 N–H and O–H groups in total. The maximum absolute atomic E-state index is 11.3. The van der Waals surface area contributed by atoms with Crippen LogP contribution in [0.15, 0.2) is 59.4 Å². The van der Waals surface area contributed by atoms with Gasteiger partial charge in [-0.3, -0.25) is 0 Å². The highest BCUT2D eigenvalue weighted by molar-refractivity contribution is 5.57. The first kappa shape index (κ1) is 29.5. The zero-order valence-electron chi connectivity index (χ0n) is 21.5. The first-order valence-corrected chi connectivity index (χ1v) is 13.4. The average Bonchev–Trinajstić information content (AvgIpc) is 2.87. The summed E-state index contributed by atoms with van der Waals surface area (Å²) in [5, 5.41) is 8.85. The Kier molecular flexibility index (Phi) is 18.3. The molecule has 0 unspecified atom stereocenters. The molecule has 0 aromatic heterocycles. The fourth-order valence-electron chi connectivity index (χ4n) is 3.87. The molecule has 1 aromatic rings. The third kappa shape index (κ3) is 13.9. The van der Waals surface area contributed by atoms with Crippen LogP contribution in [0.5, 0.6) is 0 Å². The molecule has 6 heteroatoms. The molecule has 0 aliphatic rings. The van der Waals surface area contributed by atoms with Crippen LogP contribution in [0.1, 0.15) is 117 Å². The monoisotopic (exact) mass is 470 g/mol. The van der Waals surface area contributed by atoms with E-state index in [0.29, 0.717) is 11.4 Å². The highest BCUT2D eigenvalue weighted by atomic mass is 16.3. The summed E-state index contributed by atoms with van der Waals surface area (Å²) in [6.07, 6.45) is 27.0. The number of nitrogens with zero attached hydrogens (tertiary/aromatic N) is 4. The lowest BCUT2D eigenvalue weighted by atomic mass is 10.1. The zero-order valence-corrected chi connectivity index (χ0v) is 21.5. The fraction of sp³-hybridized carbons (Fsp3) is 0.643. The molecule has 6 nitrogen and oxygen atoms in total. The van der Waals surface area contributed by atoms with Gasteiger partial charge in [0.05, 0.1) is 21.9 Å². The van der Waals surface area contributed by atoms with Crippen LogP contribution >= 0.6 is 0 Å². The summed E-state index contributed by atoms with van der Waals surface area (Å²) < 4.78 is 0. The molecule has 0 bridgehead atoms. The van der Waals surface area contributed by atoms with Gasteiger partial charge in [-0.2, -0.15) is 0 Å². The standard InChI is InChI=1S/C28H46N4O2/c1-3-5-7-9-11-13-15-17-19-25-31(29-33)27-21-23-28(24-22-27)32(30-34)26-20-18-16-14-12-10-8-6-4-2/h19-26H,3-18H2,1-2H3. The van der Waals surface area contributed by atoms with Crippen LogP contribution in [-0.2, 0) is 0 Å². The van der Waals surface area contributed by atoms with Gasteiger partial charge in [0.2, 0.25) is 0 Å². The second-order valence-electron chi connectivity index (χ2n) is 8.96. The second kappa shape index (κ2) is 21.1. The van der Waals surface area contributed by atoms with Gasteiger partial charge in [0.25, 0.3) is 0 Å².